The second-order valence-electron chi connectivity index (χ2n) is 12.9. The molecular weight excluding hydrogens is 632 g/mol. The van der Waals surface area contributed by atoms with Crippen molar-refractivity contribution in [2.75, 3.05) is 85.1 Å². The number of nitrogens with one attached hydrogen (secondary N) is 3. The highest BCUT2D eigenvalue weighted by Gasteiger charge is 2.17. The summed E-state index contributed by atoms with van der Waals surface area (Å²) >= 11 is 0. The molecule has 1 aromatic carbocycles. The maximum atomic E-state index is 13.3. The number of ether oxygens (including phenoxy) is 1. The van der Waals surface area contributed by atoms with Crippen LogP contribution in [0, 0.1) is 0 Å². The van der Waals surface area contributed by atoms with Gasteiger partial charge < -0.3 is 30.5 Å². The molecule has 11 nitrogen and oxygen atoms in total. The smallest absolute Gasteiger partial charge is 0.320 e. The van der Waals surface area contributed by atoms with E-state index in [9.17, 15) is 19.2 Å². The minimum absolute atomic E-state index is 0.219. The first-order valence-electron chi connectivity index (χ1n) is 19.5. The lowest BCUT2D eigenvalue weighted by Gasteiger charge is -2.19. The van der Waals surface area contributed by atoms with Gasteiger partial charge in [0.05, 0.1) is 13.2 Å². The minimum Gasteiger partial charge on any atom is -0.465 e. The summed E-state index contributed by atoms with van der Waals surface area (Å²) in [6, 6.07) is 4.65. The molecule has 0 spiro atoms. The molecule has 11 heteroatoms. The van der Waals surface area contributed by atoms with Crippen molar-refractivity contribution in [2.45, 2.75) is 106 Å². The van der Waals surface area contributed by atoms with Gasteiger partial charge in [-0.2, -0.15) is 0 Å². The van der Waals surface area contributed by atoms with Crippen LogP contribution < -0.4 is 16.0 Å². The Balaban J connectivity index is 2.73. The zero-order chi connectivity index (χ0) is 37.0. The molecule has 0 saturated heterocycles. The lowest BCUT2D eigenvalue weighted by Crippen LogP contribution is -2.34. The van der Waals surface area contributed by atoms with Crippen molar-refractivity contribution in [3.05, 3.63) is 34.9 Å². The lowest BCUT2D eigenvalue weighted by atomic mass is 10.0. The van der Waals surface area contributed by atoms with Gasteiger partial charge in [0.25, 0.3) is 17.7 Å². The van der Waals surface area contributed by atoms with Gasteiger partial charge in [0.2, 0.25) is 0 Å². The standard InChI is InChI=1S/C39H70N6O5/c1-7-13-14-15-16-17-18-28-50-36(46)32-45(12-6)27-21-24-42-39(49)35-30-33(37(47)40-22-19-25-43(8-2)9-3)29-34(31-35)38(48)41-23-20-26-44(10-4)11-5/h29-31H,7-28,32H2,1-6H3,(H,40,47)(H,41,48)(H,42,49). The molecule has 1 aromatic rings. The summed E-state index contributed by atoms with van der Waals surface area (Å²) in [5.74, 6) is -1.20. The predicted molar refractivity (Wildman–Crippen MR) is 204 cm³/mol. The average molecular weight is 703 g/mol. The third kappa shape index (κ3) is 20.0. The molecular formula is C39H70N6O5. The number of benzene rings is 1. The highest BCUT2D eigenvalue weighted by atomic mass is 16.5. The summed E-state index contributed by atoms with van der Waals surface area (Å²) in [7, 11) is 0. The van der Waals surface area contributed by atoms with Gasteiger partial charge in [-0.3, -0.25) is 24.1 Å². The Labute approximate surface area is 303 Å². The summed E-state index contributed by atoms with van der Waals surface area (Å²) in [5, 5.41) is 8.83. The van der Waals surface area contributed by atoms with Gasteiger partial charge >= 0.3 is 5.97 Å². The minimum atomic E-state index is -0.353. The summed E-state index contributed by atoms with van der Waals surface area (Å²) < 4.78 is 5.45. The molecule has 3 N–H and O–H groups in total. The van der Waals surface area contributed by atoms with E-state index in [2.05, 4.69) is 60.4 Å². The fraction of sp³-hybridized carbons (Fsp3) is 0.744. The second-order valence-corrected chi connectivity index (χ2v) is 12.9. The van der Waals surface area contributed by atoms with Crippen LogP contribution in [0.15, 0.2) is 18.2 Å². The quantitative estimate of drug-likeness (QED) is 0.0725. The fourth-order valence-electron chi connectivity index (χ4n) is 5.74. The fourth-order valence-corrected chi connectivity index (χ4v) is 5.74. The molecule has 0 radical (unpaired) electrons. The van der Waals surface area contributed by atoms with Crippen molar-refractivity contribution in [3.8, 4) is 0 Å². The normalized spacial score (nSPS) is 11.3. The Morgan fingerprint density at radius 2 is 0.860 bits per heavy atom. The Morgan fingerprint density at radius 3 is 1.24 bits per heavy atom. The number of likely N-dealkylation sites (N-methyl/N-ethyl adjacent to an activating group) is 1. The first-order valence-corrected chi connectivity index (χ1v) is 19.5. The van der Waals surface area contributed by atoms with Gasteiger partial charge in [-0.1, -0.05) is 80.1 Å². The van der Waals surface area contributed by atoms with Crippen LogP contribution in [-0.4, -0.2) is 124 Å². The van der Waals surface area contributed by atoms with Crippen molar-refractivity contribution in [2.24, 2.45) is 0 Å². The molecule has 0 atom stereocenters. The van der Waals surface area contributed by atoms with Gasteiger partial charge in [-0.25, -0.2) is 0 Å². The number of unbranched alkanes of at least 4 members (excludes halogenated alkanes) is 6. The third-order valence-electron chi connectivity index (χ3n) is 9.13. The van der Waals surface area contributed by atoms with Crippen molar-refractivity contribution in [1.29, 1.82) is 0 Å². The van der Waals surface area contributed by atoms with Crippen LogP contribution in [0.4, 0.5) is 0 Å². The zero-order valence-corrected chi connectivity index (χ0v) is 32.4. The molecule has 0 aliphatic heterocycles. The molecule has 0 aliphatic carbocycles. The zero-order valence-electron chi connectivity index (χ0n) is 32.4. The van der Waals surface area contributed by atoms with Gasteiger partial charge in [-0.15, -0.1) is 0 Å². The van der Waals surface area contributed by atoms with Crippen molar-refractivity contribution in [3.63, 3.8) is 0 Å². The predicted octanol–water partition coefficient (Wildman–Crippen LogP) is 5.35. The Hall–Kier alpha value is -3.02. The summed E-state index contributed by atoms with van der Waals surface area (Å²) in [6.07, 6.45) is 10.5. The molecule has 0 heterocycles. The van der Waals surface area contributed by atoms with Gasteiger partial charge in [0, 0.05) is 42.9 Å². The molecule has 3 amide bonds. The maximum absolute atomic E-state index is 13.3. The average Bonchev–Trinajstić information content (AvgIpc) is 3.13. The van der Waals surface area contributed by atoms with Crippen LogP contribution in [0.3, 0.4) is 0 Å². The monoisotopic (exact) mass is 703 g/mol. The summed E-state index contributed by atoms with van der Waals surface area (Å²) in [6.45, 7) is 21.6. The van der Waals surface area contributed by atoms with E-state index >= 15 is 0 Å². The number of hydrogen-bond donors (Lipinski definition) is 3. The molecule has 0 aliphatic rings. The highest BCUT2D eigenvalue weighted by Crippen LogP contribution is 2.12. The van der Waals surface area contributed by atoms with E-state index in [1.807, 2.05) is 11.8 Å². The number of hydrogen-bond acceptors (Lipinski definition) is 8. The molecule has 0 unspecified atom stereocenters. The SMILES string of the molecule is CCCCCCCCCOC(=O)CN(CC)CCCNC(=O)c1cc(C(=O)NCCCN(CC)CC)cc(C(=O)NCCCN(CC)CC)c1. The second kappa shape index (κ2) is 28.7. The van der Waals surface area contributed by atoms with Gasteiger partial charge in [0.15, 0.2) is 0 Å². The summed E-state index contributed by atoms with van der Waals surface area (Å²) in [5.41, 5.74) is 0.817. The highest BCUT2D eigenvalue weighted by molar-refractivity contribution is 6.04. The number of carbonyl (C=O) groups is 4. The van der Waals surface area contributed by atoms with Gasteiger partial charge in [-0.05, 0) is 89.7 Å². The van der Waals surface area contributed by atoms with E-state index in [-0.39, 0.29) is 46.9 Å². The summed E-state index contributed by atoms with van der Waals surface area (Å²) in [4.78, 5) is 58.5. The third-order valence-corrected chi connectivity index (χ3v) is 9.13. The van der Waals surface area contributed by atoms with Crippen LogP contribution in [-0.2, 0) is 9.53 Å². The first-order chi connectivity index (χ1) is 24.2. The van der Waals surface area contributed by atoms with Crippen molar-refractivity contribution < 1.29 is 23.9 Å². The Bertz CT molecular complexity index is 1040. The number of carbonyl (C=O) groups excluding carboxylic acids is 4. The Morgan fingerprint density at radius 1 is 0.500 bits per heavy atom. The molecule has 0 bridgehead atoms. The van der Waals surface area contributed by atoms with Crippen LogP contribution in [0.1, 0.15) is 137 Å². The van der Waals surface area contributed by atoms with Crippen LogP contribution in [0.2, 0.25) is 0 Å². The Kier molecular flexibility index (Phi) is 25.8. The molecule has 0 saturated carbocycles. The van der Waals surface area contributed by atoms with Crippen LogP contribution >= 0.6 is 0 Å². The molecule has 0 aromatic heterocycles. The number of esters is 1. The van der Waals surface area contributed by atoms with E-state index in [1.165, 1.54) is 32.1 Å². The van der Waals surface area contributed by atoms with Crippen LogP contribution in [0.25, 0.3) is 0 Å². The topological polar surface area (TPSA) is 123 Å². The van der Waals surface area contributed by atoms with E-state index < -0.39 is 0 Å². The molecule has 1 rings (SSSR count). The maximum Gasteiger partial charge on any atom is 0.320 e. The largest absolute Gasteiger partial charge is 0.465 e. The molecule has 50 heavy (non-hydrogen) atoms. The van der Waals surface area contributed by atoms with Crippen molar-refractivity contribution >= 4 is 23.7 Å². The molecule has 0 fully saturated rings. The van der Waals surface area contributed by atoms with Crippen molar-refractivity contribution in [1.82, 2.24) is 30.7 Å². The van der Waals surface area contributed by atoms with Crippen LogP contribution in [0.5, 0.6) is 0 Å². The lowest BCUT2D eigenvalue weighted by molar-refractivity contribution is -0.145. The van der Waals surface area contributed by atoms with E-state index in [4.69, 9.17) is 4.74 Å². The number of nitrogens with zero attached hydrogens (tertiary/aromatic N) is 3. The van der Waals surface area contributed by atoms with Gasteiger partial charge in [0.1, 0.15) is 0 Å². The van der Waals surface area contributed by atoms with E-state index in [0.717, 1.165) is 65.0 Å². The first kappa shape index (κ1) is 45.0. The molecule has 286 valence electrons. The van der Waals surface area contributed by atoms with E-state index in [0.29, 0.717) is 45.8 Å². The number of rotatable bonds is 30. The number of amides is 3. The van der Waals surface area contributed by atoms with E-state index in [1.54, 1.807) is 18.2 Å².